The summed E-state index contributed by atoms with van der Waals surface area (Å²) in [6.07, 6.45) is 1.92. The minimum absolute atomic E-state index is 0.0158. The van der Waals surface area contributed by atoms with Crippen LogP contribution in [-0.2, 0) is 17.8 Å². The van der Waals surface area contributed by atoms with Gasteiger partial charge in [-0.3, -0.25) is 4.79 Å². The van der Waals surface area contributed by atoms with Gasteiger partial charge in [0.25, 0.3) is 0 Å². The number of aromatic nitrogens is 2. The van der Waals surface area contributed by atoms with E-state index in [1.54, 1.807) is 23.0 Å². The molecular weight excluding hydrogens is 271 g/mol. The van der Waals surface area contributed by atoms with Crippen molar-refractivity contribution < 1.29 is 14.3 Å². The molecule has 0 saturated heterocycles. The highest BCUT2D eigenvalue weighted by Gasteiger charge is 2.10. The standard InChI is InChI=1S/C13H12ClFN2O2/c14-13-10(3-6-12(18)19)7-16-17(13)8-9-1-4-11(15)5-2-9/h1-2,4-5,7H,3,6,8H2,(H,18,19). The van der Waals surface area contributed by atoms with Crippen LogP contribution in [0.1, 0.15) is 17.5 Å². The van der Waals surface area contributed by atoms with Crippen molar-refractivity contribution >= 4 is 17.6 Å². The van der Waals surface area contributed by atoms with Crippen molar-refractivity contribution in [3.8, 4) is 0 Å². The molecule has 1 heterocycles. The Hall–Kier alpha value is -1.88. The average Bonchev–Trinajstić information content (AvgIpc) is 2.71. The fourth-order valence-electron chi connectivity index (χ4n) is 1.69. The summed E-state index contributed by atoms with van der Waals surface area (Å²) in [5.41, 5.74) is 1.57. The van der Waals surface area contributed by atoms with Gasteiger partial charge in [-0.2, -0.15) is 5.10 Å². The zero-order chi connectivity index (χ0) is 13.8. The van der Waals surface area contributed by atoms with Crippen LogP contribution in [0.25, 0.3) is 0 Å². The number of halogens is 2. The van der Waals surface area contributed by atoms with Crippen LogP contribution in [0.15, 0.2) is 30.5 Å². The summed E-state index contributed by atoms with van der Waals surface area (Å²) in [7, 11) is 0. The monoisotopic (exact) mass is 282 g/mol. The van der Waals surface area contributed by atoms with E-state index >= 15 is 0 Å². The summed E-state index contributed by atoms with van der Waals surface area (Å²) in [5, 5.41) is 13.2. The number of rotatable bonds is 5. The largest absolute Gasteiger partial charge is 0.481 e. The molecule has 0 aliphatic heterocycles. The molecule has 4 nitrogen and oxygen atoms in total. The Morgan fingerprint density at radius 3 is 2.68 bits per heavy atom. The molecule has 1 aromatic carbocycles. The number of carboxylic acid groups (broad SMARTS) is 1. The minimum Gasteiger partial charge on any atom is -0.481 e. The van der Waals surface area contributed by atoms with Gasteiger partial charge in [0, 0.05) is 12.0 Å². The van der Waals surface area contributed by atoms with Crippen molar-refractivity contribution in [3.05, 3.63) is 52.6 Å². The van der Waals surface area contributed by atoms with Crippen LogP contribution in [-0.4, -0.2) is 20.9 Å². The number of aliphatic carboxylic acids is 1. The zero-order valence-electron chi connectivity index (χ0n) is 10.0. The number of carboxylic acids is 1. The van der Waals surface area contributed by atoms with Gasteiger partial charge in [-0.1, -0.05) is 23.7 Å². The van der Waals surface area contributed by atoms with E-state index in [9.17, 15) is 9.18 Å². The minimum atomic E-state index is -0.873. The van der Waals surface area contributed by atoms with E-state index in [2.05, 4.69) is 5.10 Å². The van der Waals surface area contributed by atoms with E-state index in [4.69, 9.17) is 16.7 Å². The van der Waals surface area contributed by atoms with Gasteiger partial charge in [0.2, 0.25) is 0 Å². The van der Waals surface area contributed by atoms with E-state index in [0.717, 1.165) is 5.56 Å². The molecule has 0 unspecified atom stereocenters. The second-order valence-corrected chi connectivity index (χ2v) is 4.50. The third-order valence-corrected chi connectivity index (χ3v) is 3.14. The molecular formula is C13H12ClFN2O2. The highest BCUT2D eigenvalue weighted by atomic mass is 35.5. The van der Waals surface area contributed by atoms with Crippen molar-refractivity contribution in [3.63, 3.8) is 0 Å². The quantitative estimate of drug-likeness (QED) is 0.917. The maximum absolute atomic E-state index is 12.8. The molecule has 100 valence electrons. The molecule has 1 aromatic heterocycles. The Balaban J connectivity index is 2.09. The van der Waals surface area contributed by atoms with Gasteiger partial charge in [0.1, 0.15) is 11.0 Å². The number of hydrogen-bond acceptors (Lipinski definition) is 2. The summed E-state index contributed by atoms with van der Waals surface area (Å²) in [5.74, 6) is -1.17. The zero-order valence-corrected chi connectivity index (χ0v) is 10.8. The Bertz CT molecular complexity index is 581. The SMILES string of the molecule is O=C(O)CCc1cnn(Cc2ccc(F)cc2)c1Cl. The van der Waals surface area contributed by atoms with E-state index < -0.39 is 5.97 Å². The second-order valence-electron chi connectivity index (χ2n) is 4.14. The van der Waals surface area contributed by atoms with Crippen molar-refractivity contribution in [2.45, 2.75) is 19.4 Å². The maximum Gasteiger partial charge on any atom is 0.303 e. The highest BCUT2D eigenvalue weighted by Crippen LogP contribution is 2.18. The number of hydrogen-bond donors (Lipinski definition) is 1. The third-order valence-electron chi connectivity index (χ3n) is 2.70. The molecule has 0 spiro atoms. The number of carbonyl (C=O) groups is 1. The molecule has 0 fully saturated rings. The summed E-state index contributed by atoms with van der Waals surface area (Å²) in [4.78, 5) is 10.5. The molecule has 0 radical (unpaired) electrons. The fourth-order valence-corrected chi connectivity index (χ4v) is 1.94. The van der Waals surface area contributed by atoms with Gasteiger partial charge in [0.15, 0.2) is 0 Å². The first-order valence-electron chi connectivity index (χ1n) is 5.72. The van der Waals surface area contributed by atoms with Crippen LogP contribution in [0.5, 0.6) is 0 Å². The Labute approximate surface area is 114 Å². The molecule has 0 saturated carbocycles. The number of aryl methyl sites for hydroxylation is 1. The predicted octanol–water partition coefficient (Wildman–Crippen LogP) is 2.74. The van der Waals surface area contributed by atoms with Gasteiger partial charge < -0.3 is 5.11 Å². The molecule has 6 heteroatoms. The lowest BCUT2D eigenvalue weighted by Crippen LogP contribution is -2.02. The number of nitrogens with zero attached hydrogens (tertiary/aromatic N) is 2. The fraction of sp³-hybridized carbons (Fsp3) is 0.231. The van der Waals surface area contributed by atoms with Crippen LogP contribution in [0.4, 0.5) is 4.39 Å². The molecule has 1 N–H and O–H groups in total. The van der Waals surface area contributed by atoms with Crippen LogP contribution < -0.4 is 0 Å². The topological polar surface area (TPSA) is 55.1 Å². The van der Waals surface area contributed by atoms with Gasteiger partial charge in [0.05, 0.1) is 12.7 Å². The Morgan fingerprint density at radius 2 is 2.05 bits per heavy atom. The first-order valence-corrected chi connectivity index (χ1v) is 6.10. The van der Waals surface area contributed by atoms with Crippen molar-refractivity contribution in [2.24, 2.45) is 0 Å². The normalized spacial score (nSPS) is 10.6. The average molecular weight is 283 g/mol. The summed E-state index contributed by atoms with van der Waals surface area (Å²) >= 11 is 6.12. The molecule has 2 rings (SSSR count). The predicted molar refractivity (Wildman–Crippen MR) is 68.7 cm³/mol. The van der Waals surface area contributed by atoms with Gasteiger partial charge in [-0.15, -0.1) is 0 Å². The Kier molecular flexibility index (Phi) is 4.16. The third kappa shape index (κ3) is 3.54. The molecule has 2 aromatic rings. The van der Waals surface area contributed by atoms with Gasteiger partial charge in [-0.05, 0) is 24.1 Å². The lowest BCUT2D eigenvalue weighted by molar-refractivity contribution is -0.136. The van der Waals surface area contributed by atoms with E-state index in [0.29, 0.717) is 23.7 Å². The Morgan fingerprint density at radius 1 is 1.37 bits per heavy atom. The van der Waals surface area contributed by atoms with Gasteiger partial charge >= 0.3 is 5.97 Å². The van der Waals surface area contributed by atoms with Crippen molar-refractivity contribution in [1.29, 1.82) is 0 Å². The van der Waals surface area contributed by atoms with Crippen LogP contribution in [0.2, 0.25) is 5.15 Å². The first kappa shape index (κ1) is 13.5. The molecule has 19 heavy (non-hydrogen) atoms. The van der Waals surface area contributed by atoms with Gasteiger partial charge in [-0.25, -0.2) is 9.07 Å². The lowest BCUT2D eigenvalue weighted by atomic mass is 10.2. The maximum atomic E-state index is 12.8. The smallest absolute Gasteiger partial charge is 0.303 e. The van der Waals surface area contributed by atoms with Crippen molar-refractivity contribution in [2.75, 3.05) is 0 Å². The van der Waals surface area contributed by atoms with E-state index in [-0.39, 0.29) is 12.2 Å². The van der Waals surface area contributed by atoms with Crippen LogP contribution >= 0.6 is 11.6 Å². The lowest BCUT2D eigenvalue weighted by Gasteiger charge is -2.04. The van der Waals surface area contributed by atoms with E-state index in [1.807, 2.05) is 0 Å². The molecule has 0 bridgehead atoms. The summed E-state index contributed by atoms with van der Waals surface area (Å²) in [6.45, 7) is 0.423. The van der Waals surface area contributed by atoms with E-state index in [1.165, 1.54) is 12.1 Å². The summed E-state index contributed by atoms with van der Waals surface area (Å²) in [6, 6.07) is 6.06. The molecule has 0 amide bonds. The van der Waals surface area contributed by atoms with Crippen LogP contribution in [0.3, 0.4) is 0 Å². The molecule has 0 aliphatic carbocycles. The molecule has 0 aliphatic rings. The molecule has 0 atom stereocenters. The second kappa shape index (κ2) is 5.84. The first-order chi connectivity index (χ1) is 9.06. The number of benzene rings is 1. The summed E-state index contributed by atoms with van der Waals surface area (Å²) < 4.78 is 14.3. The highest BCUT2D eigenvalue weighted by molar-refractivity contribution is 6.30. The van der Waals surface area contributed by atoms with Crippen LogP contribution in [0, 0.1) is 5.82 Å². The van der Waals surface area contributed by atoms with Crippen molar-refractivity contribution in [1.82, 2.24) is 9.78 Å².